The summed E-state index contributed by atoms with van der Waals surface area (Å²) in [5.41, 5.74) is 0.444. The quantitative estimate of drug-likeness (QED) is 0.684. The summed E-state index contributed by atoms with van der Waals surface area (Å²) in [7, 11) is 0. The van der Waals surface area contributed by atoms with Gasteiger partial charge in [-0.05, 0) is 6.92 Å². The smallest absolute Gasteiger partial charge is 0.270 e. The summed E-state index contributed by atoms with van der Waals surface area (Å²) in [6.07, 6.45) is 0. The fourth-order valence-corrected chi connectivity index (χ4v) is 1.55. The first kappa shape index (κ1) is 12.1. The lowest BCUT2D eigenvalue weighted by Gasteiger charge is -2.03. The number of hydrogen-bond acceptors (Lipinski definition) is 5. The summed E-state index contributed by atoms with van der Waals surface area (Å²) in [5.74, 6) is -0.188. The van der Waals surface area contributed by atoms with Gasteiger partial charge in [-0.15, -0.1) is 11.3 Å². The maximum absolute atomic E-state index is 11.4. The molecule has 0 atom stereocenters. The molecule has 0 radical (unpaired) electrons. The van der Waals surface area contributed by atoms with Crippen LogP contribution in [0.15, 0.2) is 5.38 Å². The number of rotatable bonds is 6. The zero-order chi connectivity index (χ0) is 11.1. The molecule has 5 nitrogen and oxygen atoms in total. The molecule has 1 amide bonds. The molecule has 0 spiro atoms. The monoisotopic (exact) mass is 230 g/mol. The fourth-order valence-electron chi connectivity index (χ4n) is 0.962. The van der Waals surface area contributed by atoms with Gasteiger partial charge in [-0.3, -0.25) is 4.79 Å². The highest BCUT2D eigenvalue weighted by Crippen LogP contribution is 2.07. The van der Waals surface area contributed by atoms with Crippen LogP contribution in [-0.2, 0) is 4.74 Å². The van der Waals surface area contributed by atoms with Crippen LogP contribution >= 0.6 is 11.3 Å². The van der Waals surface area contributed by atoms with Crippen LogP contribution < -0.4 is 5.32 Å². The van der Waals surface area contributed by atoms with Crippen molar-refractivity contribution in [3.8, 4) is 0 Å². The van der Waals surface area contributed by atoms with E-state index in [1.54, 1.807) is 5.38 Å². The maximum atomic E-state index is 11.4. The summed E-state index contributed by atoms with van der Waals surface area (Å²) < 4.78 is 4.99. The molecule has 0 saturated carbocycles. The number of carbonyl (C=O) groups is 1. The Labute approximate surface area is 92.1 Å². The first-order chi connectivity index (χ1) is 7.24. The van der Waals surface area contributed by atoms with Crippen LogP contribution in [0.25, 0.3) is 0 Å². The number of ether oxygens (including phenoxy) is 1. The highest BCUT2D eigenvalue weighted by atomic mass is 32.1. The molecule has 0 saturated heterocycles. The van der Waals surface area contributed by atoms with E-state index in [9.17, 15) is 4.79 Å². The zero-order valence-corrected chi connectivity index (χ0v) is 9.34. The molecule has 0 aliphatic heterocycles. The van der Waals surface area contributed by atoms with E-state index in [2.05, 4.69) is 10.3 Å². The Morgan fingerprint density at radius 3 is 3.07 bits per heavy atom. The number of nitrogens with one attached hydrogen (secondary N) is 1. The van der Waals surface area contributed by atoms with E-state index in [-0.39, 0.29) is 12.5 Å². The van der Waals surface area contributed by atoms with E-state index in [0.29, 0.717) is 25.5 Å². The Kier molecular flexibility index (Phi) is 5.23. The van der Waals surface area contributed by atoms with Gasteiger partial charge in [0.15, 0.2) is 0 Å². The number of carbonyl (C=O) groups excluding carboxylic acids is 1. The average molecular weight is 230 g/mol. The predicted octanol–water partition coefficient (Wildman–Crippen LogP) is 0.190. The van der Waals surface area contributed by atoms with Gasteiger partial charge in [0, 0.05) is 11.9 Å². The van der Waals surface area contributed by atoms with Crippen molar-refractivity contribution >= 4 is 17.2 Å². The van der Waals surface area contributed by atoms with Gasteiger partial charge in [-0.1, -0.05) is 0 Å². The summed E-state index contributed by atoms with van der Waals surface area (Å²) in [4.78, 5) is 15.5. The van der Waals surface area contributed by atoms with E-state index in [1.807, 2.05) is 6.92 Å². The van der Waals surface area contributed by atoms with Gasteiger partial charge in [0.1, 0.15) is 5.69 Å². The van der Waals surface area contributed by atoms with E-state index in [4.69, 9.17) is 9.84 Å². The molecule has 1 aromatic rings. The second-order valence-corrected chi connectivity index (χ2v) is 3.91. The van der Waals surface area contributed by atoms with Crippen molar-refractivity contribution in [2.45, 2.75) is 6.92 Å². The summed E-state index contributed by atoms with van der Waals surface area (Å²) in [6.45, 7) is 2.97. The highest BCUT2D eigenvalue weighted by molar-refractivity contribution is 7.09. The summed E-state index contributed by atoms with van der Waals surface area (Å²) in [6, 6.07) is 0. The van der Waals surface area contributed by atoms with Crippen molar-refractivity contribution in [2.24, 2.45) is 0 Å². The number of aliphatic hydroxyl groups excluding tert-OH is 1. The van der Waals surface area contributed by atoms with Crippen molar-refractivity contribution in [1.29, 1.82) is 0 Å². The van der Waals surface area contributed by atoms with Crippen LogP contribution in [0.3, 0.4) is 0 Å². The zero-order valence-electron chi connectivity index (χ0n) is 8.52. The van der Waals surface area contributed by atoms with Crippen LogP contribution in [0.1, 0.15) is 15.5 Å². The molecule has 1 heterocycles. The molecule has 2 N–H and O–H groups in total. The number of thiazole rings is 1. The van der Waals surface area contributed by atoms with Crippen LogP contribution in [-0.4, -0.2) is 42.4 Å². The molecule has 0 aromatic carbocycles. The maximum Gasteiger partial charge on any atom is 0.270 e. The van der Waals surface area contributed by atoms with Crippen molar-refractivity contribution < 1.29 is 14.6 Å². The van der Waals surface area contributed by atoms with Gasteiger partial charge >= 0.3 is 0 Å². The Hall–Kier alpha value is -0.980. The Morgan fingerprint density at radius 1 is 1.67 bits per heavy atom. The van der Waals surface area contributed by atoms with Crippen molar-refractivity contribution in [2.75, 3.05) is 26.4 Å². The topological polar surface area (TPSA) is 71.5 Å². The second kappa shape index (κ2) is 6.49. The van der Waals surface area contributed by atoms with E-state index >= 15 is 0 Å². The van der Waals surface area contributed by atoms with Crippen LogP contribution in [0.4, 0.5) is 0 Å². The van der Waals surface area contributed by atoms with Crippen LogP contribution in [0, 0.1) is 6.92 Å². The Morgan fingerprint density at radius 2 is 2.47 bits per heavy atom. The summed E-state index contributed by atoms with van der Waals surface area (Å²) >= 11 is 1.44. The number of aryl methyl sites for hydroxylation is 1. The molecule has 0 unspecified atom stereocenters. The molecule has 0 fully saturated rings. The molecule has 84 valence electrons. The molecule has 1 rings (SSSR count). The Balaban J connectivity index is 2.19. The van der Waals surface area contributed by atoms with Gasteiger partial charge in [-0.2, -0.15) is 0 Å². The van der Waals surface area contributed by atoms with Crippen LogP contribution in [0.2, 0.25) is 0 Å². The van der Waals surface area contributed by atoms with Gasteiger partial charge < -0.3 is 15.2 Å². The number of aromatic nitrogens is 1. The molecule has 1 aromatic heterocycles. The standard InChI is InChI=1S/C9H14N2O3S/c1-7-11-8(6-15-7)9(13)10-2-4-14-5-3-12/h6,12H,2-5H2,1H3,(H,10,13). The largest absolute Gasteiger partial charge is 0.394 e. The number of amides is 1. The molecular formula is C9H14N2O3S. The third kappa shape index (κ3) is 4.37. The van der Waals surface area contributed by atoms with Gasteiger partial charge in [0.2, 0.25) is 0 Å². The molecule has 15 heavy (non-hydrogen) atoms. The fraction of sp³-hybridized carbons (Fsp3) is 0.556. The summed E-state index contributed by atoms with van der Waals surface area (Å²) in [5, 5.41) is 13.7. The first-order valence-electron chi connectivity index (χ1n) is 4.63. The third-order valence-corrected chi connectivity index (χ3v) is 2.39. The van der Waals surface area contributed by atoms with Crippen LogP contribution in [0.5, 0.6) is 0 Å². The van der Waals surface area contributed by atoms with E-state index in [0.717, 1.165) is 5.01 Å². The predicted molar refractivity (Wildman–Crippen MR) is 57.1 cm³/mol. The highest BCUT2D eigenvalue weighted by Gasteiger charge is 2.07. The van der Waals surface area contributed by atoms with Gasteiger partial charge in [-0.25, -0.2) is 4.98 Å². The first-order valence-corrected chi connectivity index (χ1v) is 5.51. The molecule has 0 aliphatic rings. The minimum absolute atomic E-state index is 0.000767. The van der Waals surface area contributed by atoms with Gasteiger partial charge in [0.05, 0.1) is 24.8 Å². The van der Waals surface area contributed by atoms with E-state index < -0.39 is 0 Å². The average Bonchev–Trinajstić information content (AvgIpc) is 2.64. The lowest BCUT2D eigenvalue weighted by atomic mass is 10.4. The molecular weight excluding hydrogens is 216 g/mol. The number of aliphatic hydroxyl groups is 1. The number of nitrogens with zero attached hydrogens (tertiary/aromatic N) is 1. The van der Waals surface area contributed by atoms with E-state index in [1.165, 1.54) is 11.3 Å². The minimum atomic E-state index is -0.188. The SMILES string of the molecule is Cc1nc(C(=O)NCCOCCO)cs1. The van der Waals surface area contributed by atoms with Gasteiger partial charge in [0.25, 0.3) is 5.91 Å². The lowest BCUT2D eigenvalue weighted by Crippen LogP contribution is -2.27. The minimum Gasteiger partial charge on any atom is -0.394 e. The Bertz CT molecular complexity index is 314. The van der Waals surface area contributed by atoms with Crippen molar-refractivity contribution in [1.82, 2.24) is 10.3 Å². The number of hydrogen-bond donors (Lipinski definition) is 2. The van der Waals surface area contributed by atoms with Crippen molar-refractivity contribution in [3.63, 3.8) is 0 Å². The van der Waals surface area contributed by atoms with Crippen molar-refractivity contribution in [3.05, 3.63) is 16.1 Å². The second-order valence-electron chi connectivity index (χ2n) is 2.84. The molecule has 0 bridgehead atoms. The molecule has 0 aliphatic carbocycles. The normalized spacial score (nSPS) is 10.3. The third-order valence-electron chi connectivity index (χ3n) is 1.62. The molecule has 6 heteroatoms. The lowest BCUT2D eigenvalue weighted by molar-refractivity contribution is 0.0835.